The molecule has 1 atom stereocenters. The zero-order valence-electron chi connectivity index (χ0n) is 20.3. The van der Waals surface area contributed by atoms with Crippen LogP contribution in [0.3, 0.4) is 0 Å². The van der Waals surface area contributed by atoms with Crippen molar-refractivity contribution in [2.24, 2.45) is 11.7 Å². The van der Waals surface area contributed by atoms with Crippen molar-refractivity contribution < 1.29 is 36.3 Å². The number of anilines is 1. The van der Waals surface area contributed by atoms with Crippen LogP contribution in [0, 0.1) is 5.92 Å². The molecule has 2 heterocycles. The van der Waals surface area contributed by atoms with E-state index in [1.54, 1.807) is 4.90 Å². The summed E-state index contributed by atoms with van der Waals surface area (Å²) >= 11 is 0. The predicted molar refractivity (Wildman–Crippen MR) is 128 cm³/mol. The van der Waals surface area contributed by atoms with E-state index in [-0.39, 0.29) is 56.0 Å². The van der Waals surface area contributed by atoms with Crippen LogP contribution < -0.4 is 20.1 Å². The van der Waals surface area contributed by atoms with Gasteiger partial charge in [0.25, 0.3) is 0 Å². The Morgan fingerprint density at radius 1 is 1.08 bits per heavy atom. The average molecular weight is 544 g/mol. The van der Waals surface area contributed by atoms with Crippen LogP contribution in [0.5, 0.6) is 5.75 Å². The van der Waals surface area contributed by atoms with E-state index in [2.05, 4.69) is 9.46 Å². The van der Waals surface area contributed by atoms with Crippen molar-refractivity contribution in [2.75, 3.05) is 44.2 Å². The van der Waals surface area contributed by atoms with Crippen LogP contribution in [0.15, 0.2) is 23.1 Å². The minimum atomic E-state index is -4.58. The highest BCUT2D eigenvalue weighted by atomic mass is 32.2. The Hall–Kier alpha value is -2.84. The third kappa shape index (κ3) is 6.18. The fourth-order valence-corrected chi connectivity index (χ4v) is 5.96. The average Bonchev–Trinajstić information content (AvgIpc) is 3.72. The van der Waals surface area contributed by atoms with Gasteiger partial charge in [-0.15, -0.1) is 0 Å². The van der Waals surface area contributed by atoms with Crippen LogP contribution in [0.2, 0.25) is 0 Å². The summed E-state index contributed by atoms with van der Waals surface area (Å²) in [4.78, 5) is 41.5. The lowest BCUT2D eigenvalue weighted by molar-refractivity contribution is -0.141. The molecule has 0 aromatic heterocycles. The van der Waals surface area contributed by atoms with Crippen molar-refractivity contribution >= 4 is 33.4 Å². The number of halogens is 2. The van der Waals surface area contributed by atoms with Gasteiger partial charge in [-0.25, -0.2) is 8.42 Å². The third-order valence-corrected chi connectivity index (χ3v) is 8.22. The molecule has 3 aliphatic rings. The number of carbonyl (C=O) groups excluding carboxylic acids is 3. The van der Waals surface area contributed by atoms with Gasteiger partial charge in [0.05, 0.1) is 5.69 Å². The van der Waals surface area contributed by atoms with Crippen molar-refractivity contribution in [3.8, 4) is 5.75 Å². The molecule has 1 aromatic carbocycles. The second kappa shape index (κ2) is 11.3. The Balaban J connectivity index is 1.52. The van der Waals surface area contributed by atoms with E-state index in [9.17, 15) is 31.6 Å². The Labute approximate surface area is 213 Å². The van der Waals surface area contributed by atoms with E-state index in [1.165, 1.54) is 21.9 Å². The summed E-state index contributed by atoms with van der Waals surface area (Å²) in [6, 6.07) is 2.36. The van der Waals surface area contributed by atoms with Gasteiger partial charge in [0.1, 0.15) is 10.9 Å². The number of sulfonamides is 1. The summed E-state index contributed by atoms with van der Waals surface area (Å²) in [5, 5.41) is 0. The quantitative estimate of drug-likeness (QED) is 0.462. The van der Waals surface area contributed by atoms with Gasteiger partial charge < -0.3 is 25.2 Å². The molecule has 3 fully saturated rings. The molecule has 2 aliphatic heterocycles. The number of nitrogens with two attached hydrogens (primary N) is 1. The molecule has 4 rings (SSSR count). The van der Waals surface area contributed by atoms with E-state index in [0.717, 1.165) is 18.9 Å². The van der Waals surface area contributed by atoms with E-state index in [4.69, 9.17) is 5.73 Å². The first-order valence-electron chi connectivity index (χ1n) is 12.3. The smallest absolute Gasteiger partial charge is 0.387 e. The molecule has 1 aliphatic carbocycles. The summed E-state index contributed by atoms with van der Waals surface area (Å²) in [6.45, 7) is -2.38. The number of nitrogens with one attached hydrogen (secondary N) is 1. The van der Waals surface area contributed by atoms with E-state index in [0.29, 0.717) is 25.9 Å². The highest BCUT2D eigenvalue weighted by molar-refractivity contribution is 7.89. The predicted octanol–water partition coefficient (Wildman–Crippen LogP) is 0.491. The van der Waals surface area contributed by atoms with E-state index >= 15 is 0 Å². The number of piperidine rings is 1. The Bertz CT molecular complexity index is 1140. The van der Waals surface area contributed by atoms with Gasteiger partial charge >= 0.3 is 6.61 Å². The fraction of sp³-hybridized carbons (Fsp3) is 0.609. The number of benzene rings is 1. The lowest BCUT2D eigenvalue weighted by Crippen LogP contribution is -2.57. The van der Waals surface area contributed by atoms with Crippen LogP contribution >= 0.6 is 0 Å². The van der Waals surface area contributed by atoms with Gasteiger partial charge in [0.2, 0.25) is 27.7 Å². The summed E-state index contributed by atoms with van der Waals surface area (Å²) in [5.41, 5.74) is 5.65. The lowest BCUT2D eigenvalue weighted by Gasteiger charge is -2.36. The van der Waals surface area contributed by atoms with Gasteiger partial charge in [0.15, 0.2) is 5.75 Å². The molecule has 0 unspecified atom stereocenters. The molecule has 1 aromatic rings. The Morgan fingerprint density at radius 2 is 1.76 bits per heavy atom. The van der Waals surface area contributed by atoms with Crippen LogP contribution in [0.1, 0.15) is 32.1 Å². The maximum atomic E-state index is 13.3. The molecule has 2 saturated heterocycles. The molecular formula is C23H31F2N5O6S. The van der Waals surface area contributed by atoms with Gasteiger partial charge in [0, 0.05) is 51.6 Å². The first kappa shape index (κ1) is 27.2. The Kier molecular flexibility index (Phi) is 8.29. The molecule has 0 spiro atoms. The molecule has 3 N–H and O–H groups in total. The number of piperazine rings is 1. The van der Waals surface area contributed by atoms with Crippen molar-refractivity contribution in [1.82, 2.24) is 14.5 Å². The van der Waals surface area contributed by atoms with Crippen LogP contribution in [0.25, 0.3) is 0 Å². The van der Waals surface area contributed by atoms with Crippen LogP contribution in [-0.2, 0) is 24.4 Å². The molecule has 1 saturated carbocycles. The normalized spacial score (nSPS) is 19.8. The fourth-order valence-electron chi connectivity index (χ4n) is 4.60. The number of nitrogens with zero attached hydrogens (tertiary/aromatic N) is 3. The molecule has 37 heavy (non-hydrogen) atoms. The van der Waals surface area contributed by atoms with Gasteiger partial charge in [-0.3, -0.25) is 14.4 Å². The summed E-state index contributed by atoms with van der Waals surface area (Å²) in [6.07, 6.45) is 3.22. The molecule has 14 heteroatoms. The maximum Gasteiger partial charge on any atom is 0.387 e. The number of hydrogen-bond acceptors (Lipinski definition) is 7. The second-order valence-corrected chi connectivity index (χ2v) is 11.0. The van der Waals surface area contributed by atoms with Crippen molar-refractivity contribution in [3.63, 3.8) is 0 Å². The largest absolute Gasteiger partial charge is 0.431 e. The number of para-hydroxylation sites is 1. The lowest BCUT2D eigenvalue weighted by atomic mass is 10.1. The van der Waals surface area contributed by atoms with Gasteiger partial charge in [-0.2, -0.15) is 13.5 Å². The van der Waals surface area contributed by atoms with Gasteiger partial charge in [-0.1, -0.05) is 6.07 Å². The summed E-state index contributed by atoms with van der Waals surface area (Å²) < 4.78 is 60.1. The summed E-state index contributed by atoms with van der Waals surface area (Å²) in [5.74, 6) is -1.45. The standard InChI is InChI=1S/C23H31F2N5O6S/c24-23(25)36-20-17(30-9-2-1-6-19(30)31)4-3-5-18(20)37(34,35)27-16(14-26)22(33)29-12-10-28(11-13-29)21(32)15-7-8-15/h3-5,15-16,23,27H,1-2,6-14,26H2/t16-/m0/s1. The van der Waals surface area contributed by atoms with Crippen LogP contribution in [-0.4, -0.2) is 87.9 Å². The first-order chi connectivity index (χ1) is 17.6. The minimum absolute atomic E-state index is 0.0616. The number of amides is 3. The zero-order valence-corrected chi connectivity index (χ0v) is 21.1. The highest BCUT2D eigenvalue weighted by Crippen LogP contribution is 2.38. The molecule has 0 bridgehead atoms. The maximum absolute atomic E-state index is 13.3. The molecular weight excluding hydrogens is 512 g/mol. The third-order valence-electron chi connectivity index (χ3n) is 6.73. The number of carbonyl (C=O) groups is 3. The second-order valence-electron chi connectivity index (χ2n) is 9.32. The van der Waals surface area contributed by atoms with Crippen molar-refractivity contribution in [3.05, 3.63) is 18.2 Å². The number of hydrogen-bond donors (Lipinski definition) is 2. The van der Waals surface area contributed by atoms with Crippen molar-refractivity contribution in [1.29, 1.82) is 0 Å². The monoisotopic (exact) mass is 543 g/mol. The topological polar surface area (TPSA) is 142 Å². The van der Waals surface area contributed by atoms with E-state index < -0.39 is 39.2 Å². The van der Waals surface area contributed by atoms with Crippen LogP contribution in [0.4, 0.5) is 14.5 Å². The number of rotatable bonds is 9. The molecule has 11 nitrogen and oxygen atoms in total. The highest BCUT2D eigenvalue weighted by Gasteiger charge is 2.37. The SMILES string of the molecule is NC[C@H](NS(=O)(=O)c1cccc(N2CCCCC2=O)c1OC(F)F)C(=O)N1CCN(C(=O)C2CC2)CC1. The van der Waals surface area contributed by atoms with Crippen molar-refractivity contribution in [2.45, 2.75) is 49.7 Å². The Morgan fingerprint density at radius 3 is 2.35 bits per heavy atom. The molecule has 204 valence electrons. The molecule has 0 radical (unpaired) electrons. The first-order valence-corrected chi connectivity index (χ1v) is 13.8. The van der Waals surface area contributed by atoms with Gasteiger partial charge in [-0.05, 0) is 37.8 Å². The minimum Gasteiger partial charge on any atom is -0.431 e. The summed E-state index contributed by atoms with van der Waals surface area (Å²) in [7, 11) is -4.58. The molecule has 3 amide bonds. The number of alkyl halides is 2. The number of ether oxygens (including phenoxy) is 1. The van der Waals surface area contributed by atoms with E-state index in [1.807, 2.05) is 0 Å². The zero-order chi connectivity index (χ0) is 26.7.